The van der Waals surface area contributed by atoms with Crippen LogP contribution in [0.5, 0.6) is 0 Å². The zero-order valence-corrected chi connectivity index (χ0v) is 7.75. The molecular formula is C7H7N5S. The Morgan fingerprint density at radius 1 is 1.46 bits per heavy atom. The monoisotopic (exact) mass is 193 g/mol. The molecule has 0 aliphatic carbocycles. The highest BCUT2D eigenvalue weighted by Crippen LogP contribution is 2.11. The molecule has 13 heavy (non-hydrogen) atoms. The third-order valence-corrected chi connectivity index (χ3v) is 1.88. The minimum absolute atomic E-state index is 0.610. The minimum Gasteiger partial charge on any atom is -0.267 e. The first-order valence-electron chi connectivity index (χ1n) is 3.68. The average molecular weight is 193 g/mol. The third-order valence-electron chi connectivity index (χ3n) is 1.66. The lowest BCUT2D eigenvalue weighted by atomic mass is 10.3. The number of aromatic nitrogens is 5. The van der Waals surface area contributed by atoms with E-state index in [0.717, 1.165) is 11.4 Å². The highest BCUT2D eigenvalue weighted by atomic mass is 32.1. The van der Waals surface area contributed by atoms with E-state index in [9.17, 15) is 0 Å². The summed E-state index contributed by atoms with van der Waals surface area (Å²) in [6.45, 7) is 0. The van der Waals surface area contributed by atoms with Crippen molar-refractivity contribution >= 4 is 12.2 Å². The second kappa shape index (κ2) is 3.06. The summed E-state index contributed by atoms with van der Waals surface area (Å²) >= 11 is 4.88. The van der Waals surface area contributed by atoms with E-state index in [1.54, 1.807) is 16.9 Å². The van der Waals surface area contributed by atoms with Gasteiger partial charge in [-0.1, -0.05) is 17.4 Å². The lowest BCUT2D eigenvalue weighted by Crippen LogP contribution is -1.96. The SMILES string of the molecule is Cn1nncc1-c1ccc(=S)[nH]n1. The molecule has 0 aliphatic heterocycles. The fourth-order valence-electron chi connectivity index (χ4n) is 1.01. The number of H-pyrrole nitrogens is 1. The summed E-state index contributed by atoms with van der Waals surface area (Å²) in [5.74, 6) is 0. The van der Waals surface area contributed by atoms with Gasteiger partial charge in [0.25, 0.3) is 0 Å². The Morgan fingerprint density at radius 2 is 2.31 bits per heavy atom. The van der Waals surface area contributed by atoms with Gasteiger partial charge in [-0.2, -0.15) is 5.10 Å². The molecule has 2 aromatic heterocycles. The van der Waals surface area contributed by atoms with Crippen LogP contribution in [0.3, 0.4) is 0 Å². The van der Waals surface area contributed by atoms with Crippen molar-refractivity contribution < 1.29 is 0 Å². The fraction of sp³-hybridized carbons (Fsp3) is 0.143. The Bertz CT molecular complexity index is 451. The molecule has 0 atom stereocenters. The Kier molecular flexibility index (Phi) is 1.90. The van der Waals surface area contributed by atoms with Crippen LogP contribution < -0.4 is 0 Å². The maximum atomic E-state index is 4.88. The molecule has 2 rings (SSSR count). The lowest BCUT2D eigenvalue weighted by Gasteiger charge is -1.97. The van der Waals surface area contributed by atoms with E-state index in [-0.39, 0.29) is 0 Å². The van der Waals surface area contributed by atoms with Gasteiger partial charge in [-0.25, -0.2) is 4.68 Å². The van der Waals surface area contributed by atoms with Crippen LogP contribution in [0.2, 0.25) is 0 Å². The first-order chi connectivity index (χ1) is 6.27. The van der Waals surface area contributed by atoms with Crippen molar-refractivity contribution in [3.8, 4) is 11.4 Å². The van der Waals surface area contributed by atoms with Gasteiger partial charge in [0.2, 0.25) is 0 Å². The molecule has 0 aromatic carbocycles. The summed E-state index contributed by atoms with van der Waals surface area (Å²) in [4.78, 5) is 0. The van der Waals surface area contributed by atoms with E-state index in [1.165, 1.54) is 0 Å². The van der Waals surface area contributed by atoms with Gasteiger partial charge in [0.1, 0.15) is 16.0 Å². The number of rotatable bonds is 1. The van der Waals surface area contributed by atoms with Gasteiger partial charge in [-0.15, -0.1) is 5.10 Å². The zero-order chi connectivity index (χ0) is 9.26. The molecule has 0 fully saturated rings. The summed E-state index contributed by atoms with van der Waals surface area (Å²) in [6.07, 6.45) is 1.65. The number of aryl methyl sites for hydroxylation is 1. The second-order valence-corrected chi connectivity index (χ2v) is 2.99. The van der Waals surface area contributed by atoms with Gasteiger partial charge in [0.05, 0.1) is 6.20 Å². The van der Waals surface area contributed by atoms with Crippen LogP contribution in [-0.2, 0) is 7.05 Å². The van der Waals surface area contributed by atoms with Crippen LogP contribution >= 0.6 is 12.2 Å². The molecule has 0 unspecified atom stereocenters. The van der Waals surface area contributed by atoms with Crippen LogP contribution in [0, 0.1) is 4.64 Å². The molecule has 0 spiro atoms. The maximum Gasteiger partial charge on any atom is 0.119 e. The molecule has 2 heterocycles. The smallest absolute Gasteiger partial charge is 0.119 e. The number of nitrogens with zero attached hydrogens (tertiary/aromatic N) is 4. The van der Waals surface area contributed by atoms with Gasteiger partial charge < -0.3 is 0 Å². The number of hydrogen-bond acceptors (Lipinski definition) is 4. The summed E-state index contributed by atoms with van der Waals surface area (Å²) in [5.41, 5.74) is 1.63. The largest absolute Gasteiger partial charge is 0.267 e. The minimum atomic E-state index is 0.610. The van der Waals surface area contributed by atoms with Crippen molar-refractivity contribution in [2.75, 3.05) is 0 Å². The van der Waals surface area contributed by atoms with E-state index in [0.29, 0.717) is 4.64 Å². The lowest BCUT2D eigenvalue weighted by molar-refractivity contribution is 0.718. The molecule has 66 valence electrons. The Balaban J connectivity index is 2.53. The van der Waals surface area contributed by atoms with E-state index < -0.39 is 0 Å². The van der Waals surface area contributed by atoms with Crippen molar-refractivity contribution in [2.24, 2.45) is 7.05 Å². The summed E-state index contributed by atoms with van der Waals surface area (Å²) in [5, 5.41) is 14.3. The third kappa shape index (κ3) is 1.48. The molecule has 0 aliphatic rings. The number of hydrogen-bond donors (Lipinski definition) is 1. The van der Waals surface area contributed by atoms with Gasteiger partial charge in [-0.3, -0.25) is 5.10 Å². The normalized spacial score (nSPS) is 10.2. The van der Waals surface area contributed by atoms with Crippen molar-refractivity contribution in [1.29, 1.82) is 0 Å². The first kappa shape index (κ1) is 8.06. The van der Waals surface area contributed by atoms with Gasteiger partial charge in [0.15, 0.2) is 0 Å². The van der Waals surface area contributed by atoms with Gasteiger partial charge in [0, 0.05) is 7.05 Å². The molecule has 0 amide bonds. The predicted molar refractivity (Wildman–Crippen MR) is 49.4 cm³/mol. The summed E-state index contributed by atoms with van der Waals surface area (Å²) < 4.78 is 2.26. The highest BCUT2D eigenvalue weighted by Gasteiger charge is 2.03. The van der Waals surface area contributed by atoms with Gasteiger partial charge >= 0.3 is 0 Å². The highest BCUT2D eigenvalue weighted by molar-refractivity contribution is 7.71. The average Bonchev–Trinajstić information content (AvgIpc) is 2.53. The fourth-order valence-corrected chi connectivity index (χ4v) is 1.12. The van der Waals surface area contributed by atoms with Crippen LogP contribution in [0.4, 0.5) is 0 Å². The first-order valence-corrected chi connectivity index (χ1v) is 4.09. The van der Waals surface area contributed by atoms with E-state index in [2.05, 4.69) is 20.5 Å². The molecule has 0 radical (unpaired) electrons. The van der Waals surface area contributed by atoms with Gasteiger partial charge in [-0.05, 0) is 12.1 Å². The van der Waals surface area contributed by atoms with E-state index in [1.807, 2.05) is 13.1 Å². The molecule has 5 nitrogen and oxygen atoms in total. The molecule has 2 aromatic rings. The zero-order valence-electron chi connectivity index (χ0n) is 6.93. The van der Waals surface area contributed by atoms with Crippen molar-refractivity contribution in [2.45, 2.75) is 0 Å². The maximum absolute atomic E-state index is 4.88. The van der Waals surface area contributed by atoms with E-state index in [4.69, 9.17) is 12.2 Å². The molecule has 0 saturated carbocycles. The van der Waals surface area contributed by atoms with Crippen molar-refractivity contribution in [3.63, 3.8) is 0 Å². The van der Waals surface area contributed by atoms with Crippen LogP contribution in [0.25, 0.3) is 11.4 Å². The predicted octanol–water partition coefficient (Wildman–Crippen LogP) is 0.935. The summed E-state index contributed by atoms with van der Waals surface area (Å²) in [7, 11) is 1.81. The van der Waals surface area contributed by atoms with Crippen LogP contribution in [-0.4, -0.2) is 25.2 Å². The Morgan fingerprint density at radius 3 is 2.85 bits per heavy atom. The molecule has 0 bridgehead atoms. The number of nitrogens with one attached hydrogen (secondary N) is 1. The molecule has 0 saturated heterocycles. The van der Waals surface area contributed by atoms with Crippen LogP contribution in [0.15, 0.2) is 18.3 Å². The quantitative estimate of drug-likeness (QED) is 0.684. The van der Waals surface area contributed by atoms with E-state index >= 15 is 0 Å². The summed E-state index contributed by atoms with van der Waals surface area (Å²) in [6, 6.07) is 3.61. The standard InChI is InChI=1S/C7H7N5S/c1-12-6(4-8-11-12)5-2-3-7(13)10-9-5/h2-4H,1H3,(H,10,13). The van der Waals surface area contributed by atoms with Crippen molar-refractivity contribution in [3.05, 3.63) is 23.0 Å². The second-order valence-electron chi connectivity index (χ2n) is 2.55. The molecule has 6 heteroatoms. The van der Waals surface area contributed by atoms with Crippen LogP contribution in [0.1, 0.15) is 0 Å². The van der Waals surface area contributed by atoms with Crippen molar-refractivity contribution in [1.82, 2.24) is 25.2 Å². The molecular weight excluding hydrogens is 186 g/mol. The molecule has 1 N–H and O–H groups in total. The number of aromatic amines is 1. The topological polar surface area (TPSA) is 59.4 Å². The Hall–Kier alpha value is -1.56. The Labute approximate surface area is 79.4 Å².